The van der Waals surface area contributed by atoms with Gasteiger partial charge in [0.15, 0.2) is 0 Å². The smallest absolute Gasteiger partial charge is 0.227 e. The molecule has 4 nitrogen and oxygen atoms in total. The van der Waals surface area contributed by atoms with Gasteiger partial charge in [0.1, 0.15) is 0 Å². The molecule has 4 atom stereocenters. The molecule has 0 N–H and O–H groups in total. The number of carbonyl (C=O) groups is 1. The van der Waals surface area contributed by atoms with Crippen LogP contribution in [0.1, 0.15) is 11.1 Å². The van der Waals surface area contributed by atoms with Gasteiger partial charge in [-0.2, -0.15) is 5.26 Å². The number of hydrogen-bond acceptors (Lipinski definition) is 3. The summed E-state index contributed by atoms with van der Waals surface area (Å²) in [6.07, 6.45) is 5.12. The zero-order valence-corrected chi connectivity index (χ0v) is 11.6. The van der Waals surface area contributed by atoms with Crippen molar-refractivity contribution >= 4 is 5.91 Å². The molecule has 3 heterocycles. The Morgan fingerprint density at radius 2 is 1.81 bits per heavy atom. The molecule has 1 aromatic rings. The standard InChI is InChI=1S/C17H16N2O2/c18-8-12-3-1-11(2-4-12)7-17(20)19-9-13-14(10-19)16-6-5-15(13)21-16/h1-6,13-16H,7,9-10H2. The van der Waals surface area contributed by atoms with E-state index in [1.165, 1.54) is 0 Å². The highest BCUT2D eigenvalue weighted by Crippen LogP contribution is 2.43. The molecule has 106 valence electrons. The van der Waals surface area contributed by atoms with E-state index in [1.807, 2.05) is 17.0 Å². The number of amides is 1. The highest BCUT2D eigenvalue weighted by Gasteiger charge is 2.51. The van der Waals surface area contributed by atoms with Crippen molar-refractivity contribution in [3.63, 3.8) is 0 Å². The van der Waals surface area contributed by atoms with E-state index in [9.17, 15) is 4.79 Å². The summed E-state index contributed by atoms with van der Waals surface area (Å²) in [5, 5.41) is 8.79. The summed E-state index contributed by atoms with van der Waals surface area (Å²) in [7, 11) is 0. The Morgan fingerprint density at radius 3 is 2.38 bits per heavy atom. The van der Waals surface area contributed by atoms with Crippen molar-refractivity contribution in [3.8, 4) is 6.07 Å². The Hall–Kier alpha value is -2.12. The third-order valence-corrected chi connectivity index (χ3v) is 4.85. The topological polar surface area (TPSA) is 53.3 Å². The van der Waals surface area contributed by atoms with Gasteiger partial charge in [-0.1, -0.05) is 24.3 Å². The second-order valence-corrected chi connectivity index (χ2v) is 6.06. The van der Waals surface area contributed by atoms with Crippen LogP contribution in [0, 0.1) is 23.2 Å². The van der Waals surface area contributed by atoms with Gasteiger partial charge in [0.25, 0.3) is 0 Å². The van der Waals surface area contributed by atoms with Crippen molar-refractivity contribution in [2.45, 2.75) is 18.6 Å². The van der Waals surface area contributed by atoms with Gasteiger partial charge in [0, 0.05) is 24.9 Å². The van der Waals surface area contributed by atoms with Crippen LogP contribution in [-0.4, -0.2) is 36.1 Å². The first-order chi connectivity index (χ1) is 10.2. The normalized spacial score (nSPS) is 32.2. The number of hydrogen-bond donors (Lipinski definition) is 0. The molecular formula is C17H16N2O2. The van der Waals surface area contributed by atoms with Crippen LogP contribution in [0.4, 0.5) is 0 Å². The molecule has 4 rings (SSSR count). The Morgan fingerprint density at radius 1 is 1.19 bits per heavy atom. The summed E-state index contributed by atoms with van der Waals surface area (Å²) < 4.78 is 5.83. The van der Waals surface area contributed by atoms with Crippen LogP contribution in [0.2, 0.25) is 0 Å². The third-order valence-electron chi connectivity index (χ3n) is 4.85. The van der Waals surface area contributed by atoms with E-state index in [0.29, 0.717) is 23.8 Å². The lowest BCUT2D eigenvalue weighted by molar-refractivity contribution is -0.130. The maximum Gasteiger partial charge on any atom is 0.227 e. The summed E-state index contributed by atoms with van der Waals surface area (Å²) in [5.74, 6) is 1.13. The zero-order valence-electron chi connectivity index (χ0n) is 11.6. The lowest BCUT2D eigenvalue weighted by Crippen LogP contribution is -2.32. The molecule has 21 heavy (non-hydrogen) atoms. The fraction of sp³-hybridized carbons (Fsp3) is 0.412. The first-order valence-electron chi connectivity index (χ1n) is 7.35. The van der Waals surface area contributed by atoms with Crippen molar-refractivity contribution in [3.05, 3.63) is 47.5 Å². The monoisotopic (exact) mass is 280 g/mol. The van der Waals surface area contributed by atoms with Gasteiger partial charge in [-0.25, -0.2) is 0 Å². The van der Waals surface area contributed by atoms with Crippen molar-refractivity contribution in [2.24, 2.45) is 11.8 Å². The Kier molecular flexibility index (Phi) is 2.83. The number of nitrogens with zero attached hydrogens (tertiary/aromatic N) is 2. The van der Waals surface area contributed by atoms with Crippen LogP contribution in [0.15, 0.2) is 36.4 Å². The molecule has 0 spiro atoms. The second kappa shape index (κ2) is 4.71. The molecule has 2 saturated heterocycles. The molecule has 2 bridgehead atoms. The van der Waals surface area contributed by atoms with E-state index in [0.717, 1.165) is 18.7 Å². The number of benzene rings is 1. The molecule has 4 heteroatoms. The number of nitriles is 1. The predicted octanol–water partition coefficient (Wildman–Crippen LogP) is 1.51. The lowest BCUT2D eigenvalue weighted by Gasteiger charge is -2.19. The molecule has 0 radical (unpaired) electrons. The first kappa shape index (κ1) is 12.6. The van der Waals surface area contributed by atoms with Gasteiger partial charge in [0.2, 0.25) is 5.91 Å². The maximum absolute atomic E-state index is 12.4. The molecule has 3 aliphatic heterocycles. The summed E-state index contributed by atoms with van der Waals surface area (Å²) in [6.45, 7) is 1.62. The van der Waals surface area contributed by atoms with E-state index in [1.54, 1.807) is 12.1 Å². The van der Waals surface area contributed by atoms with Gasteiger partial charge in [0.05, 0.1) is 30.3 Å². The molecular weight excluding hydrogens is 264 g/mol. The highest BCUT2D eigenvalue weighted by atomic mass is 16.5. The number of ether oxygens (including phenoxy) is 1. The van der Waals surface area contributed by atoms with Gasteiger partial charge < -0.3 is 9.64 Å². The quantitative estimate of drug-likeness (QED) is 0.772. The van der Waals surface area contributed by atoms with Crippen LogP contribution in [-0.2, 0) is 16.0 Å². The van der Waals surface area contributed by atoms with Gasteiger partial charge in [-0.05, 0) is 17.7 Å². The van der Waals surface area contributed by atoms with Crippen LogP contribution in [0.5, 0.6) is 0 Å². The fourth-order valence-corrected chi connectivity index (χ4v) is 3.71. The van der Waals surface area contributed by atoms with Crippen LogP contribution in [0.3, 0.4) is 0 Å². The van der Waals surface area contributed by atoms with Gasteiger partial charge >= 0.3 is 0 Å². The van der Waals surface area contributed by atoms with Gasteiger partial charge in [-0.3, -0.25) is 4.79 Å². The average Bonchev–Trinajstić information content (AvgIpc) is 3.20. The summed E-state index contributed by atoms with van der Waals surface area (Å²) in [4.78, 5) is 14.4. The SMILES string of the molecule is N#Cc1ccc(CC(=O)N2CC3C4C=CC(O4)C3C2)cc1. The number of fused-ring (bicyclic) bond motifs is 5. The van der Waals surface area contributed by atoms with Crippen molar-refractivity contribution < 1.29 is 9.53 Å². The van der Waals surface area contributed by atoms with E-state index < -0.39 is 0 Å². The Labute approximate surface area is 123 Å². The second-order valence-electron chi connectivity index (χ2n) is 6.06. The minimum absolute atomic E-state index is 0.175. The molecule has 4 unspecified atom stereocenters. The van der Waals surface area contributed by atoms with E-state index in [2.05, 4.69) is 18.2 Å². The fourth-order valence-electron chi connectivity index (χ4n) is 3.71. The third kappa shape index (κ3) is 2.05. The molecule has 0 saturated carbocycles. The maximum atomic E-state index is 12.4. The number of carbonyl (C=O) groups excluding carboxylic acids is 1. The zero-order chi connectivity index (χ0) is 14.4. The van der Waals surface area contributed by atoms with Gasteiger partial charge in [-0.15, -0.1) is 0 Å². The first-order valence-corrected chi connectivity index (χ1v) is 7.35. The molecule has 1 amide bonds. The van der Waals surface area contributed by atoms with E-state index >= 15 is 0 Å². The summed E-state index contributed by atoms with van der Waals surface area (Å²) in [6, 6.07) is 9.34. The minimum Gasteiger partial charge on any atom is -0.366 e. The van der Waals surface area contributed by atoms with Crippen LogP contribution >= 0.6 is 0 Å². The molecule has 0 aromatic heterocycles. The summed E-state index contributed by atoms with van der Waals surface area (Å²) in [5.41, 5.74) is 1.59. The number of likely N-dealkylation sites (tertiary alicyclic amines) is 1. The minimum atomic E-state index is 0.175. The number of rotatable bonds is 2. The highest BCUT2D eigenvalue weighted by molar-refractivity contribution is 5.79. The largest absolute Gasteiger partial charge is 0.366 e. The van der Waals surface area contributed by atoms with Crippen molar-refractivity contribution in [1.82, 2.24) is 4.90 Å². The molecule has 1 aromatic carbocycles. The van der Waals surface area contributed by atoms with E-state index in [4.69, 9.17) is 10.00 Å². The summed E-state index contributed by atoms with van der Waals surface area (Å²) >= 11 is 0. The lowest BCUT2D eigenvalue weighted by atomic mass is 9.86. The molecule has 0 aliphatic carbocycles. The molecule has 3 aliphatic rings. The molecule has 2 fully saturated rings. The van der Waals surface area contributed by atoms with E-state index in [-0.39, 0.29) is 18.1 Å². The van der Waals surface area contributed by atoms with Crippen LogP contribution in [0.25, 0.3) is 0 Å². The predicted molar refractivity (Wildman–Crippen MR) is 76.2 cm³/mol. The van der Waals surface area contributed by atoms with Crippen molar-refractivity contribution in [1.29, 1.82) is 5.26 Å². The Balaban J connectivity index is 1.41. The van der Waals surface area contributed by atoms with Crippen LogP contribution < -0.4 is 0 Å². The van der Waals surface area contributed by atoms with Crippen molar-refractivity contribution in [2.75, 3.05) is 13.1 Å². The Bertz CT molecular complexity index is 624. The average molecular weight is 280 g/mol.